The Morgan fingerprint density at radius 2 is 1.86 bits per heavy atom. The second-order valence-electron chi connectivity index (χ2n) is 3.56. The Bertz CT molecular complexity index is 328. The molecule has 0 heterocycles. The monoisotopic (exact) mass is 193 g/mol. The Hall–Kier alpha value is -1.35. The van der Waals surface area contributed by atoms with E-state index in [0.29, 0.717) is 0 Å². The van der Waals surface area contributed by atoms with Crippen molar-refractivity contribution in [2.45, 2.75) is 19.4 Å². The van der Waals surface area contributed by atoms with Crippen LogP contribution in [0.5, 0.6) is 0 Å². The lowest BCUT2D eigenvalue weighted by atomic mass is 9.93. The van der Waals surface area contributed by atoms with Crippen LogP contribution in [-0.4, -0.2) is 13.1 Å². The molecule has 14 heavy (non-hydrogen) atoms. The molecule has 0 aliphatic rings. The van der Waals surface area contributed by atoms with Crippen LogP contribution in [0, 0.1) is 6.92 Å². The summed E-state index contributed by atoms with van der Waals surface area (Å²) in [6.07, 6.45) is 0. The summed E-state index contributed by atoms with van der Waals surface area (Å²) in [5.41, 5.74) is 6.69. The van der Waals surface area contributed by atoms with Crippen molar-refractivity contribution in [3.05, 3.63) is 35.4 Å². The van der Waals surface area contributed by atoms with E-state index in [1.54, 1.807) is 6.92 Å². The number of hydrogen-bond donors (Lipinski definition) is 1. The lowest BCUT2D eigenvalue weighted by Gasteiger charge is -2.21. The Kier molecular flexibility index (Phi) is 2.91. The van der Waals surface area contributed by atoms with Crippen molar-refractivity contribution in [1.82, 2.24) is 0 Å². The maximum atomic E-state index is 11.4. The number of aryl methyl sites for hydroxylation is 1. The zero-order valence-electron chi connectivity index (χ0n) is 8.70. The number of nitrogens with two attached hydrogens (primary N) is 1. The number of rotatable bonds is 2. The van der Waals surface area contributed by atoms with Gasteiger partial charge in [0.25, 0.3) is 0 Å². The molecule has 1 atom stereocenters. The van der Waals surface area contributed by atoms with Crippen LogP contribution in [0.25, 0.3) is 0 Å². The number of carbonyl (C=O) groups is 1. The average Bonchev–Trinajstić information content (AvgIpc) is 2.17. The summed E-state index contributed by atoms with van der Waals surface area (Å²) in [4.78, 5) is 11.4. The fourth-order valence-electron chi connectivity index (χ4n) is 1.23. The van der Waals surface area contributed by atoms with Gasteiger partial charge in [-0.2, -0.15) is 0 Å². The van der Waals surface area contributed by atoms with Crippen LogP contribution in [0.3, 0.4) is 0 Å². The second-order valence-corrected chi connectivity index (χ2v) is 3.56. The van der Waals surface area contributed by atoms with Crippen LogP contribution in [0.4, 0.5) is 0 Å². The molecule has 0 saturated carbocycles. The number of esters is 1. The van der Waals surface area contributed by atoms with Gasteiger partial charge in [-0.05, 0) is 19.4 Å². The highest BCUT2D eigenvalue weighted by Gasteiger charge is 2.31. The first-order valence-electron chi connectivity index (χ1n) is 4.43. The largest absolute Gasteiger partial charge is 0.467 e. The molecule has 1 aromatic carbocycles. The normalized spacial score (nSPS) is 14.6. The molecular formula is C11H15NO2. The molecule has 2 N–H and O–H groups in total. The first-order chi connectivity index (χ1) is 6.48. The van der Waals surface area contributed by atoms with Gasteiger partial charge in [-0.1, -0.05) is 29.8 Å². The molecule has 76 valence electrons. The highest BCUT2D eigenvalue weighted by molar-refractivity contribution is 5.81. The van der Waals surface area contributed by atoms with Gasteiger partial charge in [-0.3, -0.25) is 0 Å². The molecule has 1 aromatic rings. The molecular weight excluding hydrogens is 178 g/mol. The van der Waals surface area contributed by atoms with E-state index in [2.05, 4.69) is 4.74 Å². The third kappa shape index (κ3) is 1.93. The summed E-state index contributed by atoms with van der Waals surface area (Å²) in [5.74, 6) is -0.429. The van der Waals surface area contributed by atoms with E-state index < -0.39 is 11.5 Å². The predicted molar refractivity (Wildman–Crippen MR) is 54.7 cm³/mol. The van der Waals surface area contributed by atoms with Gasteiger partial charge in [-0.15, -0.1) is 0 Å². The molecule has 0 aliphatic heterocycles. The van der Waals surface area contributed by atoms with Crippen LogP contribution in [0.15, 0.2) is 24.3 Å². The van der Waals surface area contributed by atoms with E-state index in [9.17, 15) is 4.79 Å². The topological polar surface area (TPSA) is 52.3 Å². The minimum atomic E-state index is -1.07. The maximum absolute atomic E-state index is 11.4. The number of methoxy groups -OCH3 is 1. The van der Waals surface area contributed by atoms with E-state index in [0.717, 1.165) is 11.1 Å². The van der Waals surface area contributed by atoms with Crippen molar-refractivity contribution in [1.29, 1.82) is 0 Å². The minimum absolute atomic E-state index is 0.429. The number of ether oxygens (including phenoxy) is 1. The van der Waals surface area contributed by atoms with Gasteiger partial charge in [0.1, 0.15) is 5.54 Å². The summed E-state index contributed by atoms with van der Waals surface area (Å²) in [5, 5.41) is 0. The van der Waals surface area contributed by atoms with Crippen molar-refractivity contribution in [3.8, 4) is 0 Å². The van der Waals surface area contributed by atoms with Crippen molar-refractivity contribution < 1.29 is 9.53 Å². The molecule has 0 bridgehead atoms. The fraction of sp³-hybridized carbons (Fsp3) is 0.364. The first-order valence-corrected chi connectivity index (χ1v) is 4.43. The molecule has 3 nitrogen and oxygen atoms in total. The van der Waals surface area contributed by atoms with Gasteiger partial charge in [0, 0.05) is 0 Å². The molecule has 0 fully saturated rings. The molecule has 0 aliphatic carbocycles. The van der Waals surface area contributed by atoms with E-state index in [1.165, 1.54) is 7.11 Å². The van der Waals surface area contributed by atoms with Gasteiger partial charge < -0.3 is 10.5 Å². The summed E-state index contributed by atoms with van der Waals surface area (Å²) >= 11 is 0. The third-order valence-corrected chi connectivity index (χ3v) is 2.26. The Labute approximate surface area is 83.9 Å². The zero-order valence-corrected chi connectivity index (χ0v) is 8.70. The Balaban J connectivity index is 3.03. The summed E-state index contributed by atoms with van der Waals surface area (Å²) in [7, 11) is 1.33. The summed E-state index contributed by atoms with van der Waals surface area (Å²) < 4.78 is 4.64. The van der Waals surface area contributed by atoms with Gasteiger partial charge in [0.05, 0.1) is 7.11 Å². The van der Waals surface area contributed by atoms with Crippen molar-refractivity contribution in [3.63, 3.8) is 0 Å². The van der Waals surface area contributed by atoms with E-state index >= 15 is 0 Å². The molecule has 3 heteroatoms. The molecule has 1 rings (SSSR count). The van der Waals surface area contributed by atoms with Crippen LogP contribution in [-0.2, 0) is 15.1 Å². The number of benzene rings is 1. The fourth-order valence-corrected chi connectivity index (χ4v) is 1.23. The van der Waals surface area contributed by atoms with Gasteiger partial charge in [0.15, 0.2) is 0 Å². The van der Waals surface area contributed by atoms with E-state index in [4.69, 9.17) is 5.73 Å². The lowest BCUT2D eigenvalue weighted by Crippen LogP contribution is -2.42. The van der Waals surface area contributed by atoms with Gasteiger partial charge in [-0.25, -0.2) is 4.79 Å². The summed E-state index contributed by atoms with van der Waals surface area (Å²) in [6, 6.07) is 7.52. The van der Waals surface area contributed by atoms with Gasteiger partial charge in [0.2, 0.25) is 0 Å². The average molecular weight is 193 g/mol. The SMILES string of the molecule is COC(=O)C(C)(N)c1ccc(C)cc1. The number of hydrogen-bond acceptors (Lipinski definition) is 3. The quantitative estimate of drug-likeness (QED) is 0.721. The molecule has 0 amide bonds. The standard InChI is InChI=1S/C11H15NO2/c1-8-4-6-9(7-5-8)11(2,12)10(13)14-3/h4-7H,12H2,1-3H3. The van der Waals surface area contributed by atoms with Crippen LogP contribution in [0.1, 0.15) is 18.1 Å². The van der Waals surface area contributed by atoms with Gasteiger partial charge >= 0.3 is 5.97 Å². The van der Waals surface area contributed by atoms with Crippen LogP contribution >= 0.6 is 0 Å². The maximum Gasteiger partial charge on any atom is 0.330 e. The second kappa shape index (κ2) is 3.80. The van der Waals surface area contributed by atoms with Crippen molar-refractivity contribution in [2.24, 2.45) is 5.73 Å². The smallest absolute Gasteiger partial charge is 0.330 e. The first kappa shape index (κ1) is 10.7. The third-order valence-electron chi connectivity index (χ3n) is 2.26. The van der Waals surface area contributed by atoms with Crippen molar-refractivity contribution in [2.75, 3.05) is 7.11 Å². The number of carbonyl (C=O) groups excluding carboxylic acids is 1. The minimum Gasteiger partial charge on any atom is -0.467 e. The molecule has 1 unspecified atom stereocenters. The lowest BCUT2D eigenvalue weighted by molar-refractivity contribution is -0.146. The molecule has 0 spiro atoms. The Morgan fingerprint density at radius 3 is 2.29 bits per heavy atom. The van der Waals surface area contributed by atoms with E-state index in [-0.39, 0.29) is 0 Å². The molecule has 0 radical (unpaired) electrons. The van der Waals surface area contributed by atoms with E-state index in [1.807, 2.05) is 31.2 Å². The summed E-state index contributed by atoms with van der Waals surface area (Å²) in [6.45, 7) is 3.62. The highest BCUT2D eigenvalue weighted by Crippen LogP contribution is 2.19. The highest BCUT2D eigenvalue weighted by atomic mass is 16.5. The predicted octanol–water partition coefficient (Wildman–Crippen LogP) is 1.34. The van der Waals surface area contributed by atoms with Crippen LogP contribution < -0.4 is 5.73 Å². The van der Waals surface area contributed by atoms with Crippen molar-refractivity contribution >= 4 is 5.97 Å². The van der Waals surface area contributed by atoms with Crippen LogP contribution in [0.2, 0.25) is 0 Å². The molecule has 0 saturated heterocycles. The Morgan fingerprint density at radius 1 is 1.36 bits per heavy atom. The molecule has 0 aromatic heterocycles. The zero-order chi connectivity index (χ0) is 10.8.